The van der Waals surface area contributed by atoms with Crippen molar-refractivity contribution >= 4 is 41.0 Å². The predicted octanol–water partition coefficient (Wildman–Crippen LogP) is 2.68. The lowest BCUT2D eigenvalue weighted by Crippen LogP contribution is -2.15. The van der Waals surface area contributed by atoms with Crippen LogP contribution in [-0.2, 0) is 11.2 Å². The minimum Gasteiger partial charge on any atom is -0.355 e. The van der Waals surface area contributed by atoms with Gasteiger partial charge < -0.3 is 16.0 Å². The number of benzene rings is 1. The first-order valence-corrected chi connectivity index (χ1v) is 10.3. The van der Waals surface area contributed by atoms with Crippen LogP contribution in [0.25, 0.3) is 5.78 Å². The van der Waals surface area contributed by atoms with Crippen LogP contribution in [0.3, 0.4) is 0 Å². The first kappa shape index (κ1) is 19.9. The summed E-state index contributed by atoms with van der Waals surface area (Å²) < 4.78 is 1.72. The molecule has 0 fully saturated rings. The SMILES string of the molecule is CCNc1nc(NCC)n2c(SCC(=O)Nc3cccc(CC)c3)nnc2n1. The number of thioether (sulfide) groups is 1. The van der Waals surface area contributed by atoms with E-state index in [1.807, 2.05) is 38.1 Å². The molecule has 148 valence electrons. The number of carbonyl (C=O) groups excluding carboxylic acids is 1. The highest BCUT2D eigenvalue weighted by molar-refractivity contribution is 7.99. The topological polar surface area (TPSA) is 109 Å². The summed E-state index contributed by atoms with van der Waals surface area (Å²) in [6.45, 7) is 7.43. The van der Waals surface area contributed by atoms with Crippen molar-refractivity contribution in [3.63, 3.8) is 0 Å². The highest BCUT2D eigenvalue weighted by Crippen LogP contribution is 2.21. The van der Waals surface area contributed by atoms with Crippen LogP contribution in [0.1, 0.15) is 26.3 Å². The minimum absolute atomic E-state index is 0.106. The summed E-state index contributed by atoms with van der Waals surface area (Å²) in [6, 6.07) is 7.84. The molecule has 0 radical (unpaired) electrons. The van der Waals surface area contributed by atoms with E-state index in [2.05, 4.69) is 43.0 Å². The summed E-state index contributed by atoms with van der Waals surface area (Å²) in [4.78, 5) is 21.2. The van der Waals surface area contributed by atoms with Gasteiger partial charge in [-0.25, -0.2) is 4.40 Å². The molecule has 0 aliphatic heterocycles. The molecule has 0 aliphatic carbocycles. The monoisotopic (exact) mass is 400 g/mol. The van der Waals surface area contributed by atoms with E-state index in [0.717, 1.165) is 12.1 Å². The lowest BCUT2D eigenvalue weighted by molar-refractivity contribution is -0.113. The van der Waals surface area contributed by atoms with Gasteiger partial charge in [-0.15, -0.1) is 10.2 Å². The van der Waals surface area contributed by atoms with Crippen molar-refractivity contribution in [3.05, 3.63) is 29.8 Å². The second-order valence-corrected chi connectivity index (χ2v) is 6.88. The number of nitrogens with one attached hydrogen (secondary N) is 3. The Morgan fingerprint density at radius 1 is 1.11 bits per heavy atom. The molecule has 0 unspecified atom stereocenters. The number of carbonyl (C=O) groups is 1. The number of aromatic nitrogens is 5. The zero-order chi connectivity index (χ0) is 19.9. The van der Waals surface area contributed by atoms with Crippen LogP contribution in [0, 0.1) is 0 Å². The van der Waals surface area contributed by atoms with Crippen LogP contribution in [0.4, 0.5) is 17.6 Å². The van der Waals surface area contributed by atoms with Crippen molar-refractivity contribution in [1.29, 1.82) is 0 Å². The molecule has 0 spiro atoms. The third kappa shape index (κ3) is 4.69. The smallest absolute Gasteiger partial charge is 0.261 e. The first-order chi connectivity index (χ1) is 13.6. The molecule has 3 rings (SSSR count). The molecule has 10 heteroatoms. The maximum absolute atomic E-state index is 12.3. The number of nitrogens with zero attached hydrogens (tertiary/aromatic N) is 5. The second-order valence-electron chi connectivity index (χ2n) is 5.94. The second kappa shape index (κ2) is 9.36. The Morgan fingerprint density at radius 3 is 2.68 bits per heavy atom. The molecule has 1 aromatic carbocycles. The van der Waals surface area contributed by atoms with E-state index >= 15 is 0 Å². The third-order valence-electron chi connectivity index (χ3n) is 3.87. The van der Waals surface area contributed by atoms with Crippen LogP contribution in [0.2, 0.25) is 0 Å². The Bertz CT molecular complexity index is 958. The van der Waals surface area contributed by atoms with Crippen LogP contribution >= 0.6 is 11.8 Å². The van der Waals surface area contributed by atoms with Gasteiger partial charge in [-0.05, 0) is 38.0 Å². The molecule has 3 aromatic rings. The van der Waals surface area contributed by atoms with E-state index in [0.29, 0.717) is 35.9 Å². The van der Waals surface area contributed by atoms with E-state index in [4.69, 9.17) is 0 Å². The van der Waals surface area contributed by atoms with E-state index in [-0.39, 0.29) is 11.7 Å². The summed E-state index contributed by atoms with van der Waals surface area (Å²) in [5.41, 5.74) is 1.97. The van der Waals surface area contributed by atoms with Crippen molar-refractivity contribution in [3.8, 4) is 0 Å². The van der Waals surface area contributed by atoms with Gasteiger partial charge in [0.05, 0.1) is 5.75 Å². The highest BCUT2D eigenvalue weighted by atomic mass is 32.2. The fourth-order valence-corrected chi connectivity index (χ4v) is 3.32. The first-order valence-electron chi connectivity index (χ1n) is 9.27. The van der Waals surface area contributed by atoms with Crippen LogP contribution in [-0.4, -0.2) is 49.3 Å². The van der Waals surface area contributed by atoms with Crippen LogP contribution in [0.5, 0.6) is 0 Å². The zero-order valence-electron chi connectivity index (χ0n) is 16.2. The molecule has 9 nitrogen and oxygen atoms in total. The highest BCUT2D eigenvalue weighted by Gasteiger charge is 2.15. The standard InChI is InChI=1S/C18H24N8OS/c1-4-12-8-7-9-13(10-12)21-14(27)11-28-18-25-24-17-23-15(19-5-2)22-16(20-6-3)26(17)18/h7-10H,4-6,11H2,1-3H3,(H,21,27)(H2,19,20,22,23,24). The Hall–Kier alpha value is -2.88. The molecular formula is C18H24N8OS. The van der Waals surface area contributed by atoms with Crippen LogP contribution in [0.15, 0.2) is 29.4 Å². The van der Waals surface area contributed by atoms with Crippen molar-refractivity contribution in [1.82, 2.24) is 24.6 Å². The number of hydrogen-bond acceptors (Lipinski definition) is 8. The van der Waals surface area contributed by atoms with Gasteiger partial charge in [-0.3, -0.25) is 4.79 Å². The molecule has 0 saturated heterocycles. The van der Waals surface area contributed by atoms with E-state index in [1.165, 1.54) is 17.3 Å². The Kier molecular flexibility index (Phi) is 6.64. The van der Waals surface area contributed by atoms with Gasteiger partial charge in [0.25, 0.3) is 5.78 Å². The number of fused-ring (bicyclic) bond motifs is 1. The summed E-state index contributed by atoms with van der Waals surface area (Å²) in [6.07, 6.45) is 0.923. The predicted molar refractivity (Wildman–Crippen MR) is 112 cm³/mol. The average Bonchev–Trinajstić information content (AvgIpc) is 3.10. The Balaban J connectivity index is 1.73. The maximum atomic E-state index is 12.3. The Morgan fingerprint density at radius 2 is 1.93 bits per heavy atom. The molecule has 0 bridgehead atoms. The van der Waals surface area contributed by atoms with Crippen molar-refractivity contribution in [2.24, 2.45) is 0 Å². The summed E-state index contributed by atoms with van der Waals surface area (Å²) in [5, 5.41) is 18.0. The number of anilines is 3. The normalized spacial score (nSPS) is 10.8. The molecule has 0 aliphatic rings. The number of rotatable bonds is 9. The van der Waals surface area contributed by atoms with Gasteiger partial charge in [0.2, 0.25) is 17.8 Å². The molecule has 2 heterocycles. The fourth-order valence-electron chi connectivity index (χ4n) is 2.59. The quantitative estimate of drug-likeness (QED) is 0.470. The zero-order valence-corrected chi connectivity index (χ0v) is 17.0. The number of aryl methyl sites for hydroxylation is 1. The van der Waals surface area contributed by atoms with Gasteiger partial charge in [-0.1, -0.05) is 30.8 Å². The average molecular weight is 401 g/mol. The number of hydrogen-bond donors (Lipinski definition) is 3. The lowest BCUT2D eigenvalue weighted by atomic mass is 10.1. The summed E-state index contributed by atoms with van der Waals surface area (Å²) in [7, 11) is 0. The lowest BCUT2D eigenvalue weighted by Gasteiger charge is -2.10. The van der Waals surface area contributed by atoms with Crippen molar-refractivity contribution in [2.75, 3.05) is 34.8 Å². The fraction of sp³-hybridized carbons (Fsp3) is 0.389. The third-order valence-corrected chi connectivity index (χ3v) is 4.80. The van der Waals surface area contributed by atoms with Crippen molar-refractivity contribution < 1.29 is 4.79 Å². The Labute approximate surface area is 167 Å². The molecule has 0 saturated carbocycles. The molecule has 0 atom stereocenters. The van der Waals surface area contributed by atoms with Gasteiger partial charge in [-0.2, -0.15) is 9.97 Å². The van der Waals surface area contributed by atoms with Gasteiger partial charge >= 0.3 is 0 Å². The molecule has 28 heavy (non-hydrogen) atoms. The van der Waals surface area contributed by atoms with Gasteiger partial charge in [0.15, 0.2) is 5.16 Å². The van der Waals surface area contributed by atoms with Crippen LogP contribution < -0.4 is 16.0 Å². The van der Waals surface area contributed by atoms with Gasteiger partial charge in [0.1, 0.15) is 0 Å². The molecular weight excluding hydrogens is 376 g/mol. The largest absolute Gasteiger partial charge is 0.355 e. The summed E-state index contributed by atoms with van der Waals surface area (Å²) >= 11 is 1.29. The summed E-state index contributed by atoms with van der Waals surface area (Å²) in [5.74, 6) is 1.61. The number of amides is 1. The molecule has 2 aromatic heterocycles. The minimum atomic E-state index is -0.106. The van der Waals surface area contributed by atoms with E-state index in [9.17, 15) is 4.79 Å². The van der Waals surface area contributed by atoms with Crippen molar-refractivity contribution in [2.45, 2.75) is 32.3 Å². The maximum Gasteiger partial charge on any atom is 0.261 e. The van der Waals surface area contributed by atoms with E-state index < -0.39 is 0 Å². The van der Waals surface area contributed by atoms with E-state index in [1.54, 1.807) is 4.40 Å². The molecule has 1 amide bonds. The van der Waals surface area contributed by atoms with Gasteiger partial charge in [0, 0.05) is 18.8 Å². The molecule has 3 N–H and O–H groups in total.